The van der Waals surface area contributed by atoms with Gasteiger partial charge in [0.05, 0.1) is 10.8 Å². The highest BCUT2D eigenvalue weighted by Gasteiger charge is 2.14. The lowest BCUT2D eigenvalue weighted by Crippen LogP contribution is -2.36. The van der Waals surface area contributed by atoms with Crippen LogP contribution in [0.4, 0.5) is 0 Å². The highest BCUT2D eigenvalue weighted by molar-refractivity contribution is 7.99. The Morgan fingerprint density at radius 2 is 1.95 bits per heavy atom. The number of hydrogen-bond donors (Lipinski definition) is 1. The fourth-order valence-corrected chi connectivity index (χ4v) is 3.11. The van der Waals surface area contributed by atoms with Crippen molar-refractivity contribution in [2.45, 2.75) is 56.0 Å². The standard InChI is InChI=1S/C15H22N2OS/c18-14(12-19-15-10-6-7-11-16-15)17-13-8-4-2-1-3-5-9-13/h6-7,10-11,13H,1-5,8-9,12H2,(H,17,18). The van der Waals surface area contributed by atoms with Crippen molar-refractivity contribution in [3.05, 3.63) is 24.4 Å². The number of nitrogens with one attached hydrogen (secondary N) is 1. The number of carbonyl (C=O) groups is 1. The third kappa shape index (κ3) is 5.64. The van der Waals surface area contributed by atoms with E-state index < -0.39 is 0 Å². The minimum absolute atomic E-state index is 0.140. The van der Waals surface area contributed by atoms with Gasteiger partial charge >= 0.3 is 0 Å². The second kappa shape index (κ2) is 8.20. The monoisotopic (exact) mass is 278 g/mol. The molecule has 0 saturated heterocycles. The van der Waals surface area contributed by atoms with Crippen LogP contribution in [0.5, 0.6) is 0 Å². The molecule has 1 aromatic rings. The molecule has 3 nitrogen and oxygen atoms in total. The van der Waals surface area contributed by atoms with Gasteiger partial charge in [0.1, 0.15) is 0 Å². The predicted octanol–water partition coefficient (Wildman–Crippen LogP) is 3.40. The quantitative estimate of drug-likeness (QED) is 0.858. The van der Waals surface area contributed by atoms with Gasteiger partial charge in [-0.1, -0.05) is 49.9 Å². The second-order valence-electron chi connectivity index (χ2n) is 5.07. The van der Waals surface area contributed by atoms with E-state index in [1.807, 2.05) is 18.2 Å². The van der Waals surface area contributed by atoms with Crippen molar-refractivity contribution in [2.75, 3.05) is 5.75 Å². The fraction of sp³-hybridized carbons (Fsp3) is 0.600. The van der Waals surface area contributed by atoms with Gasteiger partial charge in [0.25, 0.3) is 0 Å². The summed E-state index contributed by atoms with van der Waals surface area (Å²) < 4.78 is 0. The molecule has 4 heteroatoms. The number of thioether (sulfide) groups is 1. The Kier molecular flexibility index (Phi) is 6.21. The second-order valence-corrected chi connectivity index (χ2v) is 6.06. The molecule has 0 unspecified atom stereocenters. The third-order valence-corrected chi connectivity index (χ3v) is 4.40. The minimum atomic E-state index is 0.140. The van der Waals surface area contributed by atoms with Gasteiger partial charge in [0.15, 0.2) is 0 Å². The van der Waals surface area contributed by atoms with E-state index in [9.17, 15) is 4.79 Å². The van der Waals surface area contributed by atoms with Crippen LogP contribution in [0.2, 0.25) is 0 Å². The van der Waals surface area contributed by atoms with Crippen LogP contribution in [0.25, 0.3) is 0 Å². The van der Waals surface area contributed by atoms with E-state index >= 15 is 0 Å². The van der Waals surface area contributed by atoms with Gasteiger partial charge in [0, 0.05) is 12.2 Å². The summed E-state index contributed by atoms with van der Waals surface area (Å²) in [4.78, 5) is 16.1. The summed E-state index contributed by atoms with van der Waals surface area (Å²) >= 11 is 1.50. The SMILES string of the molecule is O=C(CSc1ccccn1)NC1CCCCCCC1. The van der Waals surface area contributed by atoms with Crippen LogP contribution in [0.3, 0.4) is 0 Å². The summed E-state index contributed by atoms with van der Waals surface area (Å²) in [6.45, 7) is 0. The van der Waals surface area contributed by atoms with Crippen LogP contribution in [-0.2, 0) is 4.79 Å². The summed E-state index contributed by atoms with van der Waals surface area (Å²) in [5.41, 5.74) is 0. The maximum absolute atomic E-state index is 11.9. The molecule has 1 N–H and O–H groups in total. The third-order valence-electron chi connectivity index (χ3n) is 3.46. The zero-order valence-corrected chi connectivity index (χ0v) is 12.1. The molecule has 0 spiro atoms. The molecule has 0 aliphatic heterocycles. The fourth-order valence-electron chi connectivity index (χ4n) is 2.44. The van der Waals surface area contributed by atoms with Gasteiger partial charge in [-0.2, -0.15) is 0 Å². The topological polar surface area (TPSA) is 42.0 Å². The molecule has 0 bridgehead atoms. The van der Waals surface area contributed by atoms with E-state index in [1.54, 1.807) is 6.20 Å². The molecule has 1 amide bonds. The first-order valence-electron chi connectivity index (χ1n) is 7.18. The summed E-state index contributed by atoms with van der Waals surface area (Å²) in [5, 5.41) is 4.08. The Labute approximate surface area is 119 Å². The Morgan fingerprint density at radius 1 is 1.21 bits per heavy atom. The Bertz CT molecular complexity index is 375. The Balaban J connectivity index is 1.71. The van der Waals surface area contributed by atoms with Crippen LogP contribution in [0.15, 0.2) is 29.4 Å². The lowest BCUT2D eigenvalue weighted by molar-refractivity contribution is -0.119. The van der Waals surface area contributed by atoms with E-state index in [-0.39, 0.29) is 5.91 Å². The first-order valence-corrected chi connectivity index (χ1v) is 8.16. The first-order chi connectivity index (χ1) is 9.34. The molecule has 1 heterocycles. The number of nitrogens with zero attached hydrogens (tertiary/aromatic N) is 1. The lowest BCUT2D eigenvalue weighted by Gasteiger charge is -2.20. The van der Waals surface area contributed by atoms with E-state index in [4.69, 9.17) is 0 Å². The zero-order valence-electron chi connectivity index (χ0n) is 11.3. The summed E-state index contributed by atoms with van der Waals surface area (Å²) in [6.07, 6.45) is 10.5. The van der Waals surface area contributed by atoms with Gasteiger partial charge in [0.2, 0.25) is 5.91 Å². The molecule has 0 aromatic carbocycles. The molecule has 19 heavy (non-hydrogen) atoms. The average Bonchev–Trinajstić information content (AvgIpc) is 2.41. The molecule has 0 radical (unpaired) electrons. The van der Waals surface area contributed by atoms with E-state index in [0.29, 0.717) is 11.8 Å². The highest BCUT2D eigenvalue weighted by Crippen LogP contribution is 2.18. The largest absolute Gasteiger partial charge is 0.353 e. The van der Waals surface area contributed by atoms with Crippen molar-refractivity contribution in [3.8, 4) is 0 Å². The molecule has 1 aliphatic carbocycles. The lowest BCUT2D eigenvalue weighted by atomic mass is 9.97. The number of aromatic nitrogens is 1. The van der Waals surface area contributed by atoms with Crippen LogP contribution in [0.1, 0.15) is 44.9 Å². The van der Waals surface area contributed by atoms with E-state index in [0.717, 1.165) is 17.9 Å². The molecule has 1 aliphatic rings. The smallest absolute Gasteiger partial charge is 0.230 e. The van der Waals surface area contributed by atoms with Gasteiger partial charge in [-0.25, -0.2) is 4.98 Å². The number of hydrogen-bond acceptors (Lipinski definition) is 3. The van der Waals surface area contributed by atoms with Gasteiger partial charge in [-0.15, -0.1) is 0 Å². The normalized spacial score (nSPS) is 17.5. The predicted molar refractivity (Wildman–Crippen MR) is 79.2 cm³/mol. The molecule has 0 atom stereocenters. The van der Waals surface area contributed by atoms with Crippen molar-refractivity contribution in [1.29, 1.82) is 0 Å². The van der Waals surface area contributed by atoms with Crippen LogP contribution < -0.4 is 5.32 Å². The number of amides is 1. The molecule has 1 fully saturated rings. The molecular formula is C15H22N2OS. The van der Waals surface area contributed by atoms with Gasteiger partial charge in [-0.05, 0) is 25.0 Å². The van der Waals surface area contributed by atoms with Crippen molar-refractivity contribution in [3.63, 3.8) is 0 Å². The van der Waals surface area contributed by atoms with E-state index in [2.05, 4.69) is 10.3 Å². The molecule has 104 valence electrons. The zero-order chi connectivity index (χ0) is 13.3. The highest BCUT2D eigenvalue weighted by atomic mass is 32.2. The van der Waals surface area contributed by atoms with Crippen molar-refractivity contribution >= 4 is 17.7 Å². The van der Waals surface area contributed by atoms with Crippen LogP contribution in [-0.4, -0.2) is 22.7 Å². The Morgan fingerprint density at radius 3 is 2.63 bits per heavy atom. The number of carbonyl (C=O) groups excluding carboxylic acids is 1. The van der Waals surface area contributed by atoms with Crippen molar-refractivity contribution in [1.82, 2.24) is 10.3 Å². The molecule has 1 aromatic heterocycles. The summed E-state index contributed by atoms with van der Waals surface area (Å²) in [6, 6.07) is 6.16. The number of rotatable bonds is 4. The van der Waals surface area contributed by atoms with Gasteiger partial charge in [-0.3, -0.25) is 4.79 Å². The summed E-state index contributed by atoms with van der Waals surface area (Å²) in [5.74, 6) is 0.606. The maximum atomic E-state index is 11.9. The molecule has 2 rings (SSSR count). The van der Waals surface area contributed by atoms with Crippen LogP contribution >= 0.6 is 11.8 Å². The van der Waals surface area contributed by atoms with Crippen LogP contribution in [0, 0.1) is 0 Å². The van der Waals surface area contributed by atoms with Crippen molar-refractivity contribution < 1.29 is 4.79 Å². The number of pyridine rings is 1. The molecule has 1 saturated carbocycles. The van der Waals surface area contributed by atoms with E-state index in [1.165, 1.54) is 43.9 Å². The summed E-state index contributed by atoms with van der Waals surface area (Å²) in [7, 11) is 0. The van der Waals surface area contributed by atoms with Gasteiger partial charge < -0.3 is 5.32 Å². The first kappa shape index (κ1) is 14.4. The maximum Gasteiger partial charge on any atom is 0.230 e. The van der Waals surface area contributed by atoms with Crippen molar-refractivity contribution in [2.24, 2.45) is 0 Å². The minimum Gasteiger partial charge on any atom is -0.353 e. The molecular weight excluding hydrogens is 256 g/mol. The average molecular weight is 278 g/mol. The Hall–Kier alpha value is -1.03.